The Morgan fingerprint density at radius 2 is 1.81 bits per heavy atom. The SMILES string of the molecule is N#CCCn1c(=O)nc(Nc2ccc(Oc3cc(C(=O)O)ccn3)cc2)n(Cc2ccc(Cl)cc2)c1=O. The molecule has 12 heteroatoms. The van der Waals surface area contributed by atoms with Gasteiger partial charge in [0, 0.05) is 29.5 Å². The first-order chi connectivity index (χ1) is 17.8. The van der Waals surface area contributed by atoms with E-state index in [1.54, 1.807) is 48.5 Å². The Labute approximate surface area is 214 Å². The molecule has 2 aromatic heterocycles. The molecule has 0 fully saturated rings. The number of anilines is 2. The van der Waals surface area contributed by atoms with Crippen molar-refractivity contribution in [2.24, 2.45) is 0 Å². The molecular weight excluding hydrogens is 500 g/mol. The fourth-order valence-corrected chi connectivity index (χ4v) is 3.47. The zero-order valence-corrected chi connectivity index (χ0v) is 19.9. The van der Waals surface area contributed by atoms with Crippen LogP contribution in [0.5, 0.6) is 11.6 Å². The van der Waals surface area contributed by atoms with Gasteiger partial charge in [0.25, 0.3) is 0 Å². The summed E-state index contributed by atoms with van der Waals surface area (Å²) in [5.41, 5.74) is -0.0961. The number of rotatable bonds is 9. The van der Waals surface area contributed by atoms with E-state index in [1.807, 2.05) is 6.07 Å². The van der Waals surface area contributed by atoms with Crippen molar-refractivity contribution < 1.29 is 14.6 Å². The van der Waals surface area contributed by atoms with Crippen molar-refractivity contribution in [1.29, 1.82) is 5.26 Å². The highest BCUT2D eigenvalue weighted by atomic mass is 35.5. The van der Waals surface area contributed by atoms with Crippen LogP contribution in [0.3, 0.4) is 0 Å². The standard InChI is InChI=1S/C25H19ClN6O5/c26-18-4-2-16(3-5-18)15-32-23(30-24(35)31(25(32)36)13-1-11-27)29-19-6-8-20(9-7-19)37-21-14-17(22(33)34)10-12-28-21/h2-10,12,14H,1,13,15H2,(H,33,34)(H,29,30,35). The molecule has 0 unspecified atom stereocenters. The summed E-state index contributed by atoms with van der Waals surface area (Å²) in [6.07, 6.45) is 1.31. The molecule has 0 saturated carbocycles. The average molecular weight is 519 g/mol. The van der Waals surface area contributed by atoms with Gasteiger partial charge in [0.05, 0.1) is 24.6 Å². The van der Waals surface area contributed by atoms with Crippen LogP contribution in [0.25, 0.3) is 0 Å². The number of benzene rings is 2. The Hall–Kier alpha value is -4.95. The van der Waals surface area contributed by atoms with E-state index in [0.29, 0.717) is 16.5 Å². The molecule has 2 N–H and O–H groups in total. The number of carbonyl (C=O) groups is 1. The largest absolute Gasteiger partial charge is 0.478 e. The average Bonchev–Trinajstić information content (AvgIpc) is 2.88. The number of nitrogens with one attached hydrogen (secondary N) is 1. The minimum atomic E-state index is -1.10. The van der Waals surface area contributed by atoms with Gasteiger partial charge in [-0.05, 0) is 48.0 Å². The Morgan fingerprint density at radius 3 is 2.49 bits per heavy atom. The Morgan fingerprint density at radius 1 is 1.08 bits per heavy atom. The third kappa shape index (κ3) is 6.19. The predicted molar refractivity (Wildman–Crippen MR) is 135 cm³/mol. The van der Waals surface area contributed by atoms with Gasteiger partial charge in [0.15, 0.2) is 0 Å². The van der Waals surface area contributed by atoms with Crippen molar-refractivity contribution in [3.63, 3.8) is 0 Å². The van der Waals surface area contributed by atoms with Crippen molar-refractivity contribution in [2.45, 2.75) is 19.5 Å². The maximum atomic E-state index is 13.2. The van der Waals surface area contributed by atoms with Crippen molar-refractivity contribution in [1.82, 2.24) is 19.1 Å². The highest BCUT2D eigenvalue weighted by Gasteiger charge is 2.14. The number of nitriles is 1. The lowest BCUT2D eigenvalue weighted by molar-refractivity contribution is 0.0696. The van der Waals surface area contributed by atoms with E-state index >= 15 is 0 Å². The first-order valence-corrected chi connectivity index (χ1v) is 11.3. The lowest BCUT2D eigenvalue weighted by atomic mass is 10.2. The van der Waals surface area contributed by atoms with Crippen LogP contribution in [-0.4, -0.2) is 30.2 Å². The quantitative estimate of drug-likeness (QED) is 0.338. The van der Waals surface area contributed by atoms with Crippen LogP contribution in [0.1, 0.15) is 22.3 Å². The Kier molecular flexibility index (Phi) is 7.61. The van der Waals surface area contributed by atoms with E-state index in [9.17, 15) is 14.4 Å². The van der Waals surface area contributed by atoms with Gasteiger partial charge in [-0.3, -0.25) is 4.57 Å². The predicted octanol–water partition coefficient (Wildman–Crippen LogP) is 3.65. The number of carboxylic acid groups (broad SMARTS) is 1. The van der Waals surface area contributed by atoms with Crippen LogP contribution < -0.4 is 21.4 Å². The maximum Gasteiger partial charge on any atom is 0.354 e. The molecule has 0 saturated heterocycles. The molecular formula is C25H19ClN6O5. The number of ether oxygens (including phenoxy) is 1. The van der Waals surface area contributed by atoms with Crippen LogP contribution in [0.2, 0.25) is 5.02 Å². The van der Waals surface area contributed by atoms with Crippen molar-refractivity contribution in [3.05, 3.63) is 104 Å². The molecule has 0 aliphatic rings. The van der Waals surface area contributed by atoms with Gasteiger partial charge in [-0.25, -0.2) is 23.9 Å². The molecule has 2 heterocycles. The summed E-state index contributed by atoms with van der Waals surface area (Å²) in [5, 5.41) is 21.5. The highest BCUT2D eigenvalue weighted by Crippen LogP contribution is 2.23. The molecule has 11 nitrogen and oxygen atoms in total. The van der Waals surface area contributed by atoms with Crippen LogP contribution in [0, 0.1) is 11.3 Å². The summed E-state index contributed by atoms with van der Waals surface area (Å²) in [5.74, 6) is -0.583. The molecule has 0 radical (unpaired) electrons. The molecule has 37 heavy (non-hydrogen) atoms. The molecule has 0 bridgehead atoms. The van der Waals surface area contributed by atoms with Gasteiger partial charge in [-0.1, -0.05) is 23.7 Å². The number of aromatic nitrogens is 4. The molecule has 0 atom stereocenters. The molecule has 4 rings (SSSR count). The Bertz CT molecular complexity index is 1590. The summed E-state index contributed by atoms with van der Waals surface area (Å²) >= 11 is 5.96. The molecule has 0 aliphatic heterocycles. The molecule has 2 aromatic carbocycles. The molecule has 0 spiro atoms. The van der Waals surface area contributed by atoms with Gasteiger partial charge < -0.3 is 15.2 Å². The van der Waals surface area contributed by atoms with Crippen LogP contribution in [0.4, 0.5) is 11.6 Å². The van der Waals surface area contributed by atoms with Crippen molar-refractivity contribution in [3.8, 4) is 17.7 Å². The van der Waals surface area contributed by atoms with Gasteiger partial charge in [-0.15, -0.1) is 0 Å². The number of halogens is 1. The fourth-order valence-electron chi connectivity index (χ4n) is 3.35. The van der Waals surface area contributed by atoms with E-state index in [1.165, 1.54) is 22.9 Å². The van der Waals surface area contributed by atoms with E-state index in [-0.39, 0.29) is 36.9 Å². The van der Waals surface area contributed by atoms with E-state index in [4.69, 9.17) is 26.7 Å². The number of hydrogen-bond donors (Lipinski definition) is 2. The van der Waals surface area contributed by atoms with Gasteiger partial charge in [-0.2, -0.15) is 10.2 Å². The zero-order chi connectivity index (χ0) is 26.4. The lowest BCUT2D eigenvalue weighted by Gasteiger charge is -2.15. The summed E-state index contributed by atoms with van der Waals surface area (Å²) in [4.78, 5) is 44.9. The Balaban J connectivity index is 1.62. The molecule has 186 valence electrons. The van der Waals surface area contributed by atoms with E-state index in [2.05, 4.69) is 15.3 Å². The first kappa shape index (κ1) is 25.2. The van der Waals surface area contributed by atoms with Gasteiger partial charge in [0.2, 0.25) is 11.8 Å². The first-order valence-electron chi connectivity index (χ1n) is 10.9. The van der Waals surface area contributed by atoms with Gasteiger partial charge >= 0.3 is 17.3 Å². The second-order valence-corrected chi connectivity index (χ2v) is 8.15. The van der Waals surface area contributed by atoms with Crippen LogP contribution in [0.15, 0.2) is 76.4 Å². The van der Waals surface area contributed by atoms with Crippen molar-refractivity contribution in [2.75, 3.05) is 5.32 Å². The zero-order valence-electron chi connectivity index (χ0n) is 19.2. The molecule has 4 aromatic rings. The topological polar surface area (TPSA) is 152 Å². The fraction of sp³-hybridized carbons (Fsp3) is 0.120. The van der Waals surface area contributed by atoms with Gasteiger partial charge in [0.1, 0.15) is 5.75 Å². The van der Waals surface area contributed by atoms with E-state index in [0.717, 1.165) is 10.1 Å². The van der Waals surface area contributed by atoms with Crippen LogP contribution in [-0.2, 0) is 13.1 Å². The number of hydrogen-bond acceptors (Lipinski definition) is 8. The minimum Gasteiger partial charge on any atom is -0.478 e. The lowest BCUT2D eigenvalue weighted by Crippen LogP contribution is -2.42. The highest BCUT2D eigenvalue weighted by molar-refractivity contribution is 6.30. The van der Waals surface area contributed by atoms with E-state index < -0.39 is 17.3 Å². The summed E-state index contributed by atoms with van der Waals surface area (Å²) in [7, 11) is 0. The molecule has 0 aliphatic carbocycles. The minimum absolute atomic E-state index is 0.0163. The summed E-state index contributed by atoms with van der Waals surface area (Å²) in [6, 6.07) is 17.9. The summed E-state index contributed by atoms with van der Waals surface area (Å²) < 4.78 is 7.83. The second kappa shape index (κ2) is 11.2. The van der Waals surface area contributed by atoms with Crippen LogP contribution >= 0.6 is 11.6 Å². The monoisotopic (exact) mass is 518 g/mol. The number of aromatic carboxylic acids is 1. The third-order valence-electron chi connectivity index (χ3n) is 5.17. The molecule has 0 amide bonds. The van der Waals surface area contributed by atoms with Crippen molar-refractivity contribution >= 4 is 29.2 Å². The number of carboxylic acids is 1. The summed E-state index contributed by atoms with van der Waals surface area (Å²) in [6.45, 7) is 0.0240. The normalized spacial score (nSPS) is 10.5. The third-order valence-corrected chi connectivity index (χ3v) is 5.42. The smallest absolute Gasteiger partial charge is 0.354 e. The second-order valence-electron chi connectivity index (χ2n) is 7.71. The maximum absolute atomic E-state index is 13.2. The number of pyridine rings is 1. The number of nitrogens with zero attached hydrogens (tertiary/aromatic N) is 5.